The van der Waals surface area contributed by atoms with Gasteiger partial charge in [0.2, 0.25) is 5.82 Å². The number of nitrogens with zero attached hydrogens (tertiary/aromatic N) is 2. The van der Waals surface area contributed by atoms with E-state index in [1.54, 1.807) is 0 Å². The quantitative estimate of drug-likeness (QED) is 0.877. The average Bonchev–Trinajstić information content (AvgIpc) is 2.86. The van der Waals surface area contributed by atoms with Crippen LogP contribution in [0.1, 0.15) is 68.8 Å². The molecule has 1 aromatic rings. The van der Waals surface area contributed by atoms with E-state index in [4.69, 9.17) is 0 Å². The van der Waals surface area contributed by atoms with E-state index in [-0.39, 0.29) is 17.6 Å². The molecule has 0 saturated heterocycles. The first-order valence-electron chi connectivity index (χ1n) is 7.26. The first kappa shape index (κ1) is 14.0. The number of aromatic amines is 1. The molecule has 1 aromatic heterocycles. The Balaban J connectivity index is 1.83. The SMILES string of the molecule is CC1CCCC(CNC(=O)c2n[nH]c(C(C)C)n2)C1. The molecule has 1 aliphatic carbocycles. The molecule has 1 aliphatic rings. The van der Waals surface area contributed by atoms with Gasteiger partial charge in [-0.25, -0.2) is 4.98 Å². The van der Waals surface area contributed by atoms with Crippen molar-refractivity contribution in [2.75, 3.05) is 6.54 Å². The smallest absolute Gasteiger partial charge is 0.290 e. The topological polar surface area (TPSA) is 70.7 Å². The van der Waals surface area contributed by atoms with Gasteiger partial charge >= 0.3 is 0 Å². The van der Waals surface area contributed by atoms with E-state index in [0.717, 1.165) is 18.3 Å². The summed E-state index contributed by atoms with van der Waals surface area (Å²) in [4.78, 5) is 16.2. The van der Waals surface area contributed by atoms with Gasteiger partial charge in [-0.3, -0.25) is 9.89 Å². The Labute approximate surface area is 114 Å². The molecule has 0 bridgehead atoms. The van der Waals surface area contributed by atoms with Crippen LogP contribution in [0.3, 0.4) is 0 Å². The highest BCUT2D eigenvalue weighted by Crippen LogP contribution is 2.27. The lowest BCUT2D eigenvalue weighted by Crippen LogP contribution is -2.32. The fourth-order valence-electron chi connectivity index (χ4n) is 2.70. The minimum Gasteiger partial charge on any atom is -0.349 e. The summed E-state index contributed by atoms with van der Waals surface area (Å²) >= 11 is 0. The molecule has 19 heavy (non-hydrogen) atoms. The van der Waals surface area contributed by atoms with Crippen LogP contribution in [0.5, 0.6) is 0 Å². The highest BCUT2D eigenvalue weighted by molar-refractivity contribution is 5.90. The van der Waals surface area contributed by atoms with Crippen molar-refractivity contribution < 1.29 is 4.79 Å². The summed E-state index contributed by atoms with van der Waals surface area (Å²) in [6.07, 6.45) is 5.03. The summed E-state index contributed by atoms with van der Waals surface area (Å²) in [5.41, 5.74) is 0. The maximum atomic E-state index is 11.9. The fraction of sp³-hybridized carbons (Fsp3) is 0.786. The number of carbonyl (C=O) groups is 1. The van der Waals surface area contributed by atoms with Gasteiger partial charge in [0.05, 0.1) is 0 Å². The minimum absolute atomic E-state index is 0.165. The number of amides is 1. The van der Waals surface area contributed by atoms with E-state index in [1.807, 2.05) is 13.8 Å². The highest BCUT2D eigenvalue weighted by atomic mass is 16.2. The van der Waals surface area contributed by atoms with E-state index in [9.17, 15) is 4.79 Å². The van der Waals surface area contributed by atoms with E-state index in [2.05, 4.69) is 27.4 Å². The highest BCUT2D eigenvalue weighted by Gasteiger charge is 2.20. The van der Waals surface area contributed by atoms with Crippen LogP contribution in [0.4, 0.5) is 0 Å². The minimum atomic E-state index is -0.165. The molecule has 2 unspecified atom stereocenters. The van der Waals surface area contributed by atoms with E-state index >= 15 is 0 Å². The largest absolute Gasteiger partial charge is 0.349 e. The van der Waals surface area contributed by atoms with Crippen molar-refractivity contribution in [3.8, 4) is 0 Å². The molecule has 1 saturated carbocycles. The maximum Gasteiger partial charge on any atom is 0.290 e. The summed E-state index contributed by atoms with van der Waals surface area (Å²) in [6, 6.07) is 0. The average molecular weight is 264 g/mol. The molecule has 2 atom stereocenters. The lowest BCUT2D eigenvalue weighted by Gasteiger charge is -2.26. The first-order valence-corrected chi connectivity index (χ1v) is 7.26. The van der Waals surface area contributed by atoms with E-state index in [1.165, 1.54) is 25.7 Å². The maximum absolute atomic E-state index is 11.9. The second-order valence-electron chi connectivity index (χ2n) is 6.05. The van der Waals surface area contributed by atoms with Crippen LogP contribution in [0.25, 0.3) is 0 Å². The molecule has 106 valence electrons. The van der Waals surface area contributed by atoms with Crippen LogP contribution >= 0.6 is 0 Å². The lowest BCUT2D eigenvalue weighted by atomic mass is 9.82. The zero-order valence-electron chi connectivity index (χ0n) is 12.1. The predicted octanol–water partition coefficient (Wildman–Crippen LogP) is 2.48. The van der Waals surface area contributed by atoms with Crippen molar-refractivity contribution in [3.05, 3.63) is 11.6 Å². The molecule has 0 aliphatic heterocycles. The van der Waals surface area contributed by atoms with Crippen LogP contribution in [0, 0.1) is 11.8 Å². The van der Waals surface area contributed by atoms with Crippen molar-refractivity contribution in [2.45, 2.75) is 52.4 Å². The van der Waals surface area contributed by atoms with Gasteiger partial charge in [0, 0.05) is 12.5 Å². The molecular weight excluding hydrogens is 240 g/mol. The second kappa shape index (κ2) is 6.17. The number of H-pyrrole nitrogens is 1. The standard InChI is InChI=1S/C14H24N4O/c1-9(2)12-16-13(18-17-12)14(19)15-8-11-6-4-5-10(3)7-11/h9-11H,4-8H2,1-3H3,(H,15,19)(H,16,17,18). The van der Waals surface area contributed by atoms with Crippen molar-refractivity contribution >= 4 is 5.91 Å². The van der Waals surface area contributed by atoms with Gasteiger partial charge in [-0.15, -0.1) is 5.10 Å². The normalized spacial score (nSPS) is 23.6. The zero-order valence-corrected chi connectivity index (χ0v) is 12.1. The van der Waals surface area contributed by atoms with Gasteiger partial charge in [0.1, 0.15) is 5.82 Å². The van der Waals surface area contributed by atoms with Crippen LogP contribution in [-0.4, -0.2) is 27.6 Å². The Morgan fingerprint density at radius 1 is 1.47 bits per heavy atom. The second-order valence-corrected chi connectivity index (χ2v) is 6.05. The van der Waals surface area contributed by atoms with Gasteiger partial charge in [0.25, 0.3) is 5.91 Å². The number of carbonyl (C=O) groups excluding carboxylic acids is 1. The van der Waals surface area contributed by atoms with Crippen LogP contribution in [-0.2, 0) is 0 Å². The zero-order chi connectivity index (χ0) is 13.8. The van der Waals surface area contributed by atoms with Gasteiger partial charge in [-0.2, -0.15) is 0 Å². The van der Waals surface area contributed by atoms with Crippen LogP contribution in [0.15, 0.2) is 0 Å². The predicted molar refractivity (Wildman–Crippen MR) is 73.9 cm³/mol. The third kappa shape index (κ3) is 3.78. The molecule has 2 rings (SSSR count). The number of rotatable bonds is 4. The molecule has 5 heteroatoms. The molecule has 1 amide bonds. The summed E-state index contributed by atoms with van der Waals surface area (Å²) in [7, 11) is 0. The third-order valence-corrected chi connectivity index (χ3v) is 3.85. The van der Waals surface area contributed by atoms with Gasteiger partial charge in [0.15, 0.2) is 0 Å². The fourth-order valence-corrected chi connectivity index (χ4v) is 2.70. The van der Waals surface area contributed by atoms with Crippen LogP contribution in [0.2, 0.25) is 0 Å². The van der Waals surface area contributed by atoms with Crippen molar-refractivity contribution in [3.63, 3.8) is 0 Å². The molecule has 0 spiro atoms. The lowest BCUT2D eigenvalue weighted by molar-refractivity contribution is 0.0930. The Kier molecular flexibility index (Phi) is 4.56. The van der Waals surface area contributed by atoms with Gasteiger partial charge < -0.3 is 5.32 Å². The van der Waals surface area contributed by atoms with Crippen molar-refractivity contribution in [2.24, 2.45) is 11.8 Å². The summed E-state index contributed by atoms with van der Waals surface area (Å²) in [5.74, 6) is 2.50. The molecule has 2 N–H and O–H groups in total. The van der Waals surface area contributed by atoms with Gasteiger partial charge in [-0.05, 0) is 24.7 Å². The molecule has 0 radical (unpaired) electrons. The first-order chi connectivity index (χ1) is 9.06. The monoisotopic (exact) mass is 264 g/mol. The Morgan fingerprint density at radius 2 is 2.26 bits per heavy atom. The summed E-state index contributed by atoms with van der Waals surface area (Å²) in [5, 5.41) is 9.73. The molecule has 1 heterocycles. The number of aromatic nitrogens is 3. The summed E-state index contributed by atoms with van der Waals surface area (Å²) < 4.78 is 0. The molecule has 0 aromatic carbocycles. The van der Waals surface area contributed by atoms with Crippen LogP contribution < -0.4 is 5.32 Å². The molecule has 5 nitrogen and oxygen atoms in total. The third-order valence-electron chi connectivity index (χ3n) is 3.85. The number of nitrogens with one attached hydrogen (secondary N) is 2. The van der Waals surface area contributed by atoms with E-state index < -0.39 is 0 Å². The molecular formula is C14H24N4O. The number of hydrogen-bond acceptors (Lipinski definition) is 3. The Bertz CT molecular complexity index is 427. The number of hydrogen-bond donors (Lipinski definition) is 2. The Hall–Kier alpha value is -1.39. The summed E-state index contributed by atoms with van der Waals surface area (Å²) in [6.45, 7) is 7.07. The van der Waals surface area contributed by atoms with E-state index in [0.29, 0.717) is 5.92 Å². The molecule has 1 fully saturated rings. The van der Waals surface area contributed by atoms with Crippen molar-refractivity contribution in [1.82, 2.24) is 20.5 Å². The Morgan fingerprint density at radius 3 is 2.89 bits per heavy atom. The van der Waals surface area contributed by atoms with Crippen molar-refractivity contribution in [1.29, 1.82) is 0 Å². The van der Waals surface area contributed by atoms with Gasteiger partial charge in [-0.1, -0.05) is 33.6 Å².